The lowest BCUT2D eigenvalue weighted by Gasteiger charge is -2.48. The van der Waals surface area contributed by atoms with Crippen LogP contribution in [0.2, 0.25) is 0 Å². The minimum Gasteiger partial charge on any atom is -0.336 e. The Hall–Kier alpha value is -1.55. The number of carbonyl (C=O) groups is 1. The van der Waals surface area contributed by atoms with Gasteiger partial charge in [0.05, 0.1) is 5.54 Å². The molecule has 22 heavy (non-hydrogen) atoms. The van der Waals surface area contributed by atoms with Gasteiger partial charge in [-0.05, 0) is 58.7 Å². The molecule has 1 aromatic carbocycles. The van der Waals surface area contributed by atoms with Gasteiger partial charge in [-0.2, -0.15) is 0 Å². The van der Waals surface area contributed by atoms with Crippen molar-refractivity contribution < 1.29 is 4.79 Å². The van der Waals surface area contributed by atoms with Crippen LogP contribution < -0.4 is 10.6 Å². The van der Waals surface area contributed by atoms with Crippen molar-refractivity contribution in [1.29, 1.82) is 0 Å². The zero-order valence-electron chi connectivity index (χ0n) is 13.9. The largest absolute Gasteiger partial charge is 0.336 e. The van der Waals surface area contributed by atoms with E-state index in [1.165, 1.54) is 11.1 Å². The first kappa shape index (κ1) is 15.3. The van der Waals surface area contributed by atoms with Crippen LogP contribution in [-0.4, -0.2) is 42.6 Å². The SMILES string of the molecule is Cc1cccc(CC2(N(C)C)CCC3(CC2)CNC(=O)N3)c1. The van der Waals surface area contributed by atoms with Crippen LogP contribution in [-0.2, 0) is 6.42 Å². The van der Waals surface area contributed by atoms with Gasteiger partial charge in [0.2, 0.25) is 0 Å². The number of hydrogen-bond donors (Lipinski definition) is 2. The molecule has 0 unspecified atom stereocenters. The first-order valence-electron chi connectivity index (χ1n) is 8.22. The van der Waals surface area contributed by atoms with Gasteiger partial charge in [-0.3, -0.25) is 0 Å². The molecule has 1 aromatic rings. The van der Waals surface area contributed by atoms with E-state index in [-0.39, 0.29) is 17.1 Å². The van der Waals surface area contributed by atoms with Gasteiger partial charge in [-0.1, -0.05) is 29.8 Å². The van der Waals surface area contributed by atoms with E-state index < -0.39 is 0 Å². The minimum atomic E-state index is -0.0107. The Kier molecular flexibility index (Phi) is 3.89. The summed E-state index contributed by atoms with van der Waals surface area (Å²) in [6.07, 6.45) is 5.43. The summed E-state index contributed by atoms with van der Waals surface area (Å²) in [7, 11) is 4.39. The second-order valence-corrected chi connectivity index (χ2v) is 7.37. The maximum Gasteiger partial charge on any atom is 0.315 e. The molecule has 1 saturated heterocycles. The van der Waals surface area contributed by atoms with Gasteiger partial charge in [0.15, 0.2) is 0 Å². The second-order valence-electron chi connectivity index (χ2n) is 7.37. The van der Waals surface area contributed by atoms with E-state index in [0.717, 1.165) is 38.6 Å². The van der Waals surface area contributed by atoms with Gasteiger partial charge in [0.25, 0.3) is 0 Å². The van der Waals surface area contributed by atoms with Gasteiger partial charge >= 0.3 is 6.03 Å². The van der Waals surface area contributed by atoms with E-state index >= 15 is 0 Å². The summed E-state index contributed by atoms with van der Waals surface area (Å²) in [4.78, 5) is 13.9. The molecule has 1 saturated carbocycles. The molecule has 0 aromatic heterocycles. The number of benzene rings is 1. The molecule has 1 heterocycles. The average molecular weight is 301 g/mol. The number of rotatable bonds is 3. The molecule has 4 heteroatoms. The number of nitrogens with one attached hydrogen (secondary N) is 2. The van der Waals surface area contributed by atoms with Crippen LogP contribution >= 0.6 is 0 Å². The summed E-state index contributed by atoms with van der Waals surface area (Å²) >= 11 is 0. The summed E-state index contributed by atoms with van der Waals surface area (Å²) in [5.74, 6) is 0. The normalized spacial score (nSPS) is 31.4. The van der Waals surface area contributed by atoms with Crippen molar-refractivity contribution in [3.05, 3.63) is 35.4 Å². The molecule has 1 aliphatic carbocycles. The van der Waals surface area contributed by atoms with Crippen LogP contribution in [0.3, 0.4) is 0 Å². The lowest BCUT2D eigenvalue weighted by Crippen LogP contribution is -2.56. The average Bonchev–Trinajstić information content (AvgIpc) is 2.83. The van der Waals surface area contributed by atoms with Crippen molar-refractivity contribution in [2.45, 2.75) is 50.1 Å². The van der Waals surface area contributed by atoms with Crippen molar-refractivity contribution in [2.75, 3.05) is 20.6 Å². The molecule has 0 atom stereocenters. The molecular weight excluding hydrogens is 274 g/mol. The summed E-state index contributed by atoms with van der Waals surface area (Å²) in [5, 5.41) is 6.08. The van der Waals surface area contributed by atoms with Crippen LogP contribution in [0.1, 0.15) is 36.8 Å². The Balaban J connectivity index is 1.75. The Morgan fingerprint density at radius 1 is 1.18 bits per heavy atom. The molecule has 120 valence electrons. The summed E-state index contributed by atoms with van der Waals surface area (Å²) in [5.41, 5.74) is 2.93. The van der Waals surface area contributed by atoms with Gasteiger partial charge < -0.3 is 15.5 Å². The number of carbonyl (C=O) groups excluding carboxylic acids is 1. The number of urea groups is 1. The van der Waals surface area contributed by atoms with E-state index in [0.29, 0.717) is 0 Å². The third-order valence-corrected chi connectivity index (χ3v) is 5.67. The topological polar surface area (TPSA) is 44.4 Å². The number of aryl methyl sites for hydroxylation is 1. The van der Waals surface area contributed by atoms with Crippen LogP contribution in [0.15, 0.2) is 24.3 Å². The molecule has 1 aliphatic heterocycles. The fraction of sp³-hybridized carbons (Fsp3) is 0.611. The summed E-state index contributed by atoms with van der Waals surface area (Å²) in [6.45, 7) is 2.93. The molecule has 2 amide bonds. The highest BCUT2D eigenvalue weighted by Gasteiger charge is 2.46. The van der Waals surface area contributed by atoms with Crippen molar-refractivity contribution >= 4 is 6.03 Å². The van der Waals surface area contributed by atoms with E-state index in [1.54, 1.807) is 0 Å². The lowest BCUT2D eigenvalue weighted by molar-refractivity contribution is 0.0675. The maximum atomic E-state index is 11.5. The van der Waals surface area contributed by atoms with Crippen molar-refractivity contribution in [1.82, 2.24) is 15.5 Å². The van der Waals surface area contributed by atoms with E-state index in [1.807, 2.05) is 0 Å². The van der Waals surface area contributed by atoms with E-state index in [2.05, 4.69) is 60.8 Å². The van der Waals surface area contributed by atoms with Gasteiger partial charge in [-0.25, -0.2) is 4.79 Å². The molecule has 2 fully saturated rings. The predicted octanol–water partition coefficient (Wildman–Crippen LogP) is 2.46. The molecule has 3 rings (SSSR count). The Labute approximate surface area is 133 Å². The molecular formula is C18H27N3O. The molecule has 0 radical (unpaired) electrons. The van der Waals surface area contributed by atoms with Crippen molar-refractivity contribution in [3.63, 3.8) is 0 Å². The lowest BCUT2D eigenvalue weighted by atomic mass is 9.69. The van der Waals surface area contributed by atoms with E-state index in [9.17, 15) is 4.79 Å². The third kappa shape index (κ3) is 2.84. The number of amides is 2. The molecule has 4 nitrogen and oxygen atoms in total. The molecule has 1 spiro atoms. The van der Waals surface area contributed by atoms with Crippen LogP contribution in [0.5, 0.6) is 0 Å². The van der Waals surface area contributed by atoms with Gasteiger partial charge in [0, 0.05) is 12.1 Å². The first-order valence-corrected chi connectivity index (χ1v) is 8.22. The highest BCUT2D eigenvalue weighted by Crippen LogP contribution is 2.40. The van der Waals surface area contributed by atoms with Crippen LogP contribution in [0, 0.1) is 6.92 Å². The molecule has 0 bridgehead atoms. The highest BCUT2D eigenvalue weighted by atomic mass is 16.2. The summed E-state index contributed by atoms with van der Waals surface area (Å²) in [6, 6.07) is 8.84. The fourth-order valence-corrected chi connectivity index (χ4v) is 4.06. The van der Waals surface area contributed by atoms with Gasteiger partial charge in [-0.15, -0.1) is 0 Å². The number of hydrogen-bond acceptors (Lipinski definition) is 2. The standard InChI is InChI=1S/C18H27N3O/c1-14-5-4-6-15(11-14)12-18(21(2)3)9-7-17(8-10-18)13-19-16(22)20-17/h4-6,11H,7-10,12-13H2,1-3H3,(H2,19,20,22). The maximum absolute atomic E-state index is 11.5. The smallest absolute Gasteiger partial charge is 0.315 e. The molecule has 2 aliphatic rings. The Bertz CT molecular complexity index is 559. The summed E-state index contributed by atoms with van der Waals surface area (Å²) < 4.78 is 0. The Morgan fingerprint density at radius 2 is 1.91 bits per heavy atom. The fourth-order valence-electron chi connectivity index (χ4n) is 4.06. The molecule has 2 N–H and O–H groups in total. The highest BCUT2D eigenvalue weighted by molar-refractivity contribution is 5.77. The van der Waals surface area contributed by atoms with Crippen LogP contribution in [0.25, 0.3) is 0 Å². The number of likely N-dealkylation sites (N-methyl/N-ethyl adjacent to an activating group) is 1. The second kappa shape index (κ2) is 5.58. The number of nitrogens with zero attached hydrogens (tertiary/aromatic N) is 1. The van der Waals surface area contributed by atoms with Crippen LogP contribution in [0.4, 0.5) is 4.79 Å². The Morgan fingerprint density at radius 3 is 2.45 bits per heavy atom. The monoisotopic (exact) mass is 301 g/mol. The zero-order chi connectivity index (χ0) is 15.8. The quantitative estimate of drug-likeness (QED) is 0.901. The predicted molar refractivity (Wildman–Crippen MR) is 89.0 cm³/mol. The zero-order valence-corrected chi connectivity index (χ0v) is 13.9. The van der Waals surface area contributed by atoms with E-state index in [4.69, 9.17) is 0 Å². The third-order valence-electron chi connectivity index (χ3n) is 5.67. The van der Waals surface area contributed by atoms with Gasteiger partial charge in [0.1, 0.15) is 0 Å². The van der Waals surface area contributed by atoms with Crippen molar-refractivity contribution in [3.8, 4) is 0 Å². The van der Waals surface area contributed by atoms with Crippen molar-refractivity contribution in [2.24, 2.45) is 0 Å². The first-order chi connectivity index (χ1) is 10.4. The minimum absolute atomic E-state index is 0.00367.